The zero-order chi connectivity index (χ0) is 17.4. The average molecular weight is 356 g/mol. The summed E-state index contributed by atoms with van der Waals surface area (Å²) in [6.45, 7) is 9.41. The molecule has 2 aliphatic carbocycles. The van der Waals surface area contributed by atoms with Crippen LogP contribution in [0.5, 0.6) is 0 Å². The number of likely N-dealkylation sites (tertiary alicyclic amines) is 2. The molecule has 142 valence electrons. The van der Waals surface area contributed by atoms with E-state index in [9.17, 15) is 0 Å². The van der Waals surface area contributed by atoms with Crippen LogP contribution in [0, 0.1) is 23.2 Å². The molecule has 4 aliphatic rings. The van der Waals surface area contributed by atoms with Crippen molar-refractivity contribution in [1.82, 2.24) is 14.8 Å². The van der Waals surface area contributed by atoms with Crippen LogP contribution in [0.15, 0.2) is 24.4 Å². The predicted octanol–water partition coefficient (Wildman–Crippen LogP) is 3.04. The number of rotatable bonds is 8. The van der Waals surface area contributed by atoms with Crippen LogP contribution in [0.3, 0.4) is 0 Å². The average Bonchev–Trinajstić information content (AvgIpc) is 3.56. The third-order valence-electron chi connectivity index (χ3n) is 7.07. The van der Waals surface area contributed by atoms with Crippen molar-refractivity contribution >= 4 is 0 Å². The van der Waals surface area contributed by atoms with E-state index in [0.29, 0.717) is 17.9 Å². The number of hydrogen-bond donors (Lipinski definition) is 0. The third-order valence-corrected chi connectivity index (χ3v) is 7.07. The third kappa shape index (κ3) is 3.97. The highest BCUT2D eigenvalue weighted by Gasteiger charge is 2.51. The monoisotopic (exact) mass is 355 g/mol. The van der Waals surface area contributed by atoms with E-state index >= 15 is 0 Å². The van der Waals surface area contributed by atoms with Gasteiger partial charge in [0.1, 0.15) is 0 Å². The van der Waals surface area contributed by atoms with E-state index in [1.54, 1.807) is 0 Å². The molecule has 2 saturated carbocycles. The summed E-state index contributed by atoms with van der Waals surface area (Å²) in [4.78, 5) is 9.94. The Morgan fingerprint density at radius 2 is 1.81 bits per heavy atom. The van der Waals surface area contributed by atoms with E-state index < -0.39 is 0 Å². The molecule has 0 amide bonds. The Morgan fingerprint density at radius 3 is 2.54 bits per heavy atom. The molecule has 3 heterocycles. The summed E-state index contributed by atoms with van der Waals surface area (Å²) >= 11 is 0. The molecular formula is C22H33N3O. The lowest BCUT2D eigenvalue weighted by Gasteiger charge is -2.30. The van der Waals surface area contributed by atoms with Crippen LogP contribution in [0.25, 0.3) is 0 Å². The summed E-state index contributed by atoms with van der Waals surface area (Å²) in [7, 11) is 0. The van der Waals surface area contributed by atoms with Crippen LogP contribution in [0.2, 0.25) is 0 Å². The first-order chi connectivity index (χ1) is 12.8. The van der Waals surface area contributed by atoms with Crippen LogP contribution in [0.1, 0.15) is 37.8 Å². The molecule has 0 unspecified atom stereocenters. The Kier molecular flexibility index (Phi) is 4.76. The van der Waals surface area contributed by atoms with Gasteiger partial charge in [0.05, 0.1) is 18.9 Å². The molecule has 0 N–H and O–H groups in total. The van der Waals surface area contributed by atoms with Crippen LogP contribution < -0.4 is 0 Å². The predicted molar refractivity (Wildman–Crippen MR) is 103 cm³/mol. The molecule has 2 aliphatic heterocycles. The fraction of sp³-hybridized carbons (Fsp3) is 0.773. The van der Waals surface area contributed by atoms with Crippen LogP contribution in [-0.4, -0.2) is 60.7 Å². The van der Waals surface area contributed by atoms with Gasteiger partial charge >= 0.3 is 0 Å². The lowest BCUT2D eigenvalue weighted by molar-refractivity contribution is 0.0502. The summed E-state index contributed by atoms with van der Waals surface area (Å²) in [5.41, 5.74) is 1.53. The summed E-state index contributed by atoms with van der Waals surface area (Å²) < 4.78 is 6.18. The molecule has 0 radical (unpaired) electrons. The lowest BCUT2D eigenvalue weighted by Crippen LogP contribution is -2.37. The van der Waals surface area contributed by atoms with Crippen molar-refractivity contribution in [3.05, 3.63) is 30.1 Å². The van der Waals surface area contributed by atoms with E-state index in [1.165, 1.54) is 71.4 Å². The molecular weight excluding hydrogens is 322 g/mol. The van der Waals surface area contributed by atoms with Crippen molar-refractivity contribution in [2.24, 2.45) is 23.2 Å². The maximum atomic E-state index is 6.18. The summed E-state index contributed by atoms with van der Waals surface area (Å²) in [5, 5.41) is 0. The second kappa shape index (κ2) is 7.21. The zero-order valence-corrected chi connectivity index (χ0v) is 16.0. The van der Waals surface area contributed by atoms with Gasteiger partial charge in [-0.2, -0.15) is 0 Å². The van der Waals surface area contributed by atoms with E-state index in [2.05, 4.69) is 20.9 Å². The van der Waals surface area contributed by atoms with Gasteiger partial charge in [0.15, 0.2) is 0 Å². The SMILES string of the molecule is c1ccc(COC[C@@H]2CN(CC3CC3)C[C@@]23CCN(CC2CC2)C3)nc1. The van der Waals surface area contributed by atoms with Crippen molar-refractivity contribution in [2.45, 2.75) is 38.7 Å². The minimum Gasteiger partial charge on any atom is -0.375 e. The fourth-order valence-corrected chi connectivity index (χ4v) is 5.24. The molecule has 2 saturated heterocycles. The largest absolute Gasteiger partial charge is 0.375 e. The van der Waals surface area contributed by atoms with Gasteiger partial charge in [0.2, 0.25) is 0 Å². The van der Waals surface area contributed by atoms with Gasteiger partial charge in [-0.25, -0.2) is 0 Å². The number of hydrogen-bond acceptors (Lipinski definition) is 4. The standard InChI is InChI=1S/C22H33N3O/c1-2-9-23-21(3-1)15-26-14-20-13-25(12-19-6-7-19)17-22(20)8-10-24(16-22)11-18-4-5-18/h1-3,9,18-20H,4-8,10-17H2/t20-,22-/m0/s1. The Morgan fingerprint density at radius 1 is 1.04 bits per heavy atom. The van der Waals surface area contributed by atoms with Gasteiger partial charge in [-0.1, -0.05) is 6.07 Å². The first-order valence-corrected chi connectivity index (χ1v) is 10.7. The van der Waals surface area contributed by atoms with Crippen molar-refractivity contribution in [3.63, 3.8) is 0 Å². The second-order valence-electron chi connectivity index (χ2n) is 9.46. The molecule has 5 rings (SSSR count). The number of pyridine rings is 1. The lowest BCUT2D eigenvalue weighted by atomic mass is 9.77. The van der Waals surface area contributed by atoms with Gasteiger partial charge in [-0.05, 0) is 62.6 Å². The second-order valence-corrected chi connectivity index (χ2v) is 9.46. The highest BCUT2D eigenvalue weighted by Crippen LogP contribution is 2.46. The van der Waals surface area contributed by atoms with Crippen LogP contribution >= 0.6 is 0 Å². The smallest absolute Gasteiger partial charge is 0.0887 e. The normalized spacial score (nSPS) is 32.7. The molecule has 4 nitrogen and oxygen atoms in total. The van der Waals surface area contributed by atoms with Gasteiger partial charge in [0.25, 0.3) is 0 Å². The van der Waals surface area contributed by atoms with Crippen LogP contribution in [-0.2, 0) is 11.3 Å². The van der Waals surface area contributed by atoms with Crippen molar-refractivity contribution < 1.29 is 4.74 Å². The molecule has 4 heteroatoms. The highest BCUT2D eigenvalue weighted by molar-refractivity contribution is 5.04. The molecule has 2 atom stereocenters. The van der Waals surface area contributed by atoms with Crippen molar-refractivity contribution in [1.29, 1.82) is 0 Å². The molecule has 1 spiro atoms. The fourth-order valence-electron chi connectivity index (χ4n) is 5.24. The maximum absolute atomic E-state index is 6.18. The topological polar surface area (TPSA) is 28.6 Å². The molecule has 1 aromatic heterocycles. The Bertz CT molecular complexity index is 597. The first-order valence-electron chi connectivity index (χ1n) is 10.7. The van der Waals surface area contributed by atoms with E-state index in [1.807, 2.05) is 18.3 Å². The Labute approximate surface area is 157 Å². The van der Waals surface area contributed by atoms with E-state index in [0.717, 1.165) is 24.1 Å². The maximum Gasteiger partial charge on any atom is 0.0887 e. The zero-order valence-electron chi connectivity index (χ0n) is 16.0. The Hall–Kier alpha value is -0.970. The molecule has 1 aromatic rings. The highest BCUT2D eigenvalue weighted by atomic mass is 16.5. The van der Waals surface area contributed by atoms with Gasteiger partial charge in [-0.15, -0.1) is 0 Å². The minimum atomic E-state index is 0.480. The van der Waals surface area contributed by atoms with Crippen LogP contribution in [0.4, 0.5) is 0 Å². The molecule has 0 bridgehead atoms. The quantitative estimate of drug-likeness (QED) is 0.717. The van der Waals surface area contributed by atoms with E-state index in [-0.39, 0.29) is 0 Å². The Balaban J connectivity index is 1.20. The van der Waals surface area contributed by atoms with Crippen molar-refractivity contribution in [3.8, 4) is 0 Å². The number of aromatic nitrogens is 1. The van der Waals surface area contributed by atoms with Gasteiger partial charge in [0, 0.05) is 50.3 Å². The van der Waals surface area contributed by atoms with E-state index in [4.69, 9.17) is 4.74 Å². The summed E-state index contributed by atoms with van der Waals surface area (Å²) in [5.74, 6) is 2.69. The number of ether oxygens (including phenoxy) is 1. The summed E-state index contributed by atoms with van der Waals surface area (Å²) in [6.07, 6.45) is 9.08. The van der Waals surface area contributed by atoms with Crippen molar-refractivity contribution in [2.75, 3.05) is 45.9 Å². The molecule has 4 fully saturated rings. The first kappa shape index (κ1) is 17.2. The minimum absolute atomic E-state index is 0.480. The number of nitrogens with zero attached hydrogens (tertiary/aromatic N) is 3. The molecule has 0 aromatic carbocycles. The van der Waals surface area contributed by atoms with Gasteiger partial charge < -0.3 is 14.5 Å². The molecule has 26 heavy (non-hydrogen) atoms. The van der Waals surface area contributed by atoms with Gasteiger partial charge in [-0.3, -0.25) is 4.98 Å². The summed E-state index contributed by atoms with van der Waals surface area (Å²) in [6, 6.07) is 6.09.